The van der Waals surface area contributed by atoms with Crippen LogP contribution >= 0.6 is 0 Å². The van der Waals surface area contributed by atoms with Crippen molar-refractivity contribution in [3.05, 3.63) is 65.5 Å². The molecule has 4 rings (SSSR count). The molecule has 0 aliphatic carbocycles. The molecule has 1 aliphatic heterocycles. The van der Waals surface area contributed by atoms with Gasteiger partial charge in [0.1, 0.15) is 11.5 Å². The molecule has 144 valence electrons. The lowest BCUT2D eigenvalue weighted by atomic mass is 9.93. The van der Waals surface area contributed by atoms with E-state index < -0.39 is 17.6 Å². The molecule has 1 N–H and O–H groups in total. The normalized spacial score (nSPS) is 14.4. The molecule has 3 aromatic rings. The maximum absolute atomic E-state index is 14.6. The molecule has 0 spiro atoms. The first-order chi connectivity index (χ1) is 13.4. The Morgan fingerprint density at radius 2 is 2.11 bits per heavy atom. The minimum Gasteiger partial charge on any atom is -0.392 e. The van der Waals surface area contributed by atoms with Crippen molar-refractivity contribution in [1.82, 2.24) is 19.7 Å². The van der Waals surface area contributed by atoms with Gasteiger partial charge in [0.25, 0.3) is 5.91 Å². The van der Waals surface area contributed by atoms with E-state index in [4.69, 9.17) is 0 Å². The number of benzene rings is 1. The molecule has 1 fully saturated rings. The van der Waals surface area contributed by atoms with Crippen LogP contribution in [0.25, 0.3) is 16.7 Å². The van der Waals surface area contributed by atoms with E-state index >= 15 is 0 Å². The second kappa shape index (κ2) is 6.79. The van der Waals surface area contributed by atoms with Gasteiger partial charge >= 0.3 is 0 Å². The first kappa shape index (κ1) is 18.2. The van der Waals surface area contributed by atoms with E-state index in [9.17, 15) is 18.7 Å². The van der Waals surface area contributed by atoms with Crippen LogP contribution in [0, 0.1) is 12.7 Å². The number of likely N-dealkylation sites (tertiary alicyclic amines) is 1. The van der Waals surface area contributed by atoms with Gasteiger partial charge in [-0.15, -0.1) is 0 Å². The van der Waals surface area contributed by atoms with E-state index in [-0.39, 0.29) is 31.3 Å². The maximum Gasteiger partial charge on any atom is 0.282 e. The second-order valence-electron chi connectivity index (χ2n) is 6.89. The van der Waals surface area contributed by atoms with Gasteiger partial charge < -0.3 is 10.0 Å². The van der Waals surface area contributed by atoms with Crippen LogP contribution in [0.4, 0.5) is 8.78 Å². The highest BCUT2D eigenvalue weighted by Crippen LogP contribution is 2.35. The molecule has 2 aromatic heterocycles. The van der Waals surface area contributed by atoms with E-state index in [1.807, 2.05) is 0 Å². The summed E-state index contributed by atoms with van der Waals surface area (Å²) >= 11 is 0. The zero-order valence-electron chi connectivity index (χ0n) is 15.2. The number of aliphatic hydroxyl groups excluding tert-OH is 1. The number of rotatable bonds is 4. The van der Waals surface area contributed by atoms with Gasteiger partial charge in [-0.3, -0.25) is 4.79 Å². The van der Waals surface area contributed by atoms with Crippen LogP contribution in [0.2, 0.25) is 0 Å². The number of halogens is 2. The molecule has 28 heavy (non-hydrogen) atoms. The molecule has 1 saturated heterocycles. The average Bonchev–Trinajstić information content (AvgIpc) is 2.99. The standard InChI is InChI=1S/C20H18F2N4O2/c1-11-3-4-16(15(22)7-11)26-19-17(13(10-27)5-6-23-19)18(24-26)14-8-25(9-14)20(28)12(2)21/h3-7,14,27H,2,8-10H2,1H3. The summed E-state index contributed by atoms with van der Waals surface area (Å²) in [6.07, 6.45) is 1.53. The summed E-state index contributed by atoms with van der Waals surface area (Å²) in [6.45, 7) is 5.13. The number of aryl methyl sites for hydroxylation is 1. The fourth-order valence-electron chi connectivity index (χ4n) is 3.49. The van der Waals surface area contributed by atoms with Gasteiger partial charge in [0.2, 0.25) is 0 Å². The van der Waals surface area contributed by atoms with Crippen molar-refractivity contribution >= 4 is 16.9 Å². The van der Waals surface area contributed by atoms with Crippen molar-refractivity contribution in [2.45, 2.75) is 19.4 Å². The molecule has 6 nitrogen and oxygen atoms in total. The predicted octanol–water partition coefficient (Wildman–Crippen LogP) is 2.77. The van der Waals surface area contributed by atoms with Crippen LogP contribution in [-0.2, 0) is 11.4 Å². The van der Waals surface area contributed by atoms with Crippen LogP contribution in [-0.4, -0.2) is 43.8 Å². The molecular weight excluding hydrogens is 366 g/mol. The van der Waals surface area contributed by atoms with Gasteiger partial charge in [-0.25, -0.2) is 18.4 Å². The minimum atomic E-state index is -1.01. The number of pyridine rings is 1. The number of carbonyl (C=O) groups excluding carboxylic acids is 1. The van der Waals surface area contributed by atoms with Crippen LogP contribution in [0.5, 0.6) is 0 Å². The van der Waals surface area contributed by atoms with Crippen LogP contribution in [0.3, 0.4) is 0 Å². The SMILES string of the molecule is C=C(F)C(=O)N1CC(c2nn(-c3ccc(C)cc3F)c3nccc(CO)c23)C1. The summed E-state index contributed by atoms with van der Waals surface area (Å²) in [4.78, 5) is 17.4. The first-order valence-electron chi connectivity index (χ1n) is 8.78. The Hall–Kier alpha value is -3.13. The van der Waals surface area contributed by atoms with Crippen molar-refractivity contribution < 1.29 is 18.7 Å². The Balaban J connectivity index is 1.82. The molecular formula is C20H18F2N4O2. The number of amides is 1. The fraction of sp³-hybridized carbons (Fsp3) is 0.250. The van der Waals surface area contributed by atoms with E-state index in [0.29, 0.717) is 22.3 Å². The number of hydrogen-bond acceptors (Lipinski definition) is 4. The van der Waals surface area contributed by atoms with Crippen LogP contribution < -0.4 is 0 Å². The van der Waals surface area contributed by atoms with Crippen molar-refractivity contribution in [2.75, 3.05) is 13.1 Å². The lowest BCUT2D eigenvalue weighted by molar-refractivity contribution is -0.133. The van der Waals surface area contributed by atoms with Crippen LogP contribution in [0.15, 0.2) is 42.9 Å². The highest BCUT2D eigenvalue weighted by molar-refractivity contribution is 5.92. The van der Waals surface area contributed by atoms with E-state index in [1.165, 1.54) is 21.8 Å². The fourth-order valence-corrected chi connectivity index (χ4v) is 3.49. The number of hydrogen-bond donors (Lipinski definition) is 1. The summed E-state index contributed by atoms with van der Waals surface area (Å²) in [5.74, 6) is -2.36. The van der Waals surface area contributed by atoms with Gasteiger partial charge in [0, 0.05) is 30.6 Å². The summed E-state index contributed by atoms with van der Waals surface area (Å²) in [6, 6.07) is 6.49. The highest BCUT2D eigenvalue weighted by Gasteiger charge is 2.36. The van der Waals surface area contributed by atoms with E-state index in [1.54, 1.807) is 25.1 Å². The zero-order chi connectivity index (χ0) is 20.0. The second-order valence-corrected chi connectivity index (χ2v) is 6.89. The molecule has 0 bridgehead atoms. The first-order valence-corrected chi connectivity index (χ1v) is 8.78. The van der Waals surface area contributed by atoms with Gasteiger partial charge in [-0.2, -0.15) is 5.10 Å². The third kappa shape index (κ3) is 2.86. The summed E-state index contributed by atoms with van der Waals surface area (Å²) in [5, 5.41) is 14.9. The minimum absolute atomic E-state index is 0.171. The van der Waals surface area contributed by atoms with E-state index in [0.717, 1.165) is 5.56 Å². The molecule has 1 aromatic carbocycles. The van der Waals surface area contributed by atoms with Crippen LogP contribution in [0.1, 0.15) is 22.7 Å². The zero-order valence-corrected chi connectivity index (χ0v) is 15.2. The molecule has 0 radical (unpaired) electrons. The third-order valence-electron chi connectivity index (χ3n) is 4.97. The predicted molar refractivity (Wildman–Crippen MR) is 99.1 cm³/mol. The molecule has 0 saturated carbocycles. The Morgan fingerprint density at radius 1 is 1.36 bits per heavy atom. The Morgan fingerprint density at radius 3 is 2.75 bits per heavy atom. The molecule has 0 atom stereocenters. The number of fused-ring (bicyclic) bond motifs is 1. The highest BCUT2D eigenvalue weighted by atomic mass is 19.1. The average molecular weight is 384 g/mol. The van der Waals surface area contributed by atoms with Crippen molar-refractivity contribution in [1.29, 1.82) is 0 Å². The van der Waals surface area contributed by atoms with Gasteiger partial charge in [0.15, 0.2) is 11.5 Å². The van der Waals surface area contributed by atoms with Crippen molar-refractivity contribution in [3.63, 3.8) is 0 Å². The quantitative estimate of drug-likeness (QED) is 0.702. The van der Waals surface area contributed by atoms with Gasteiger partial charge in [-0.1, -0.05) is 12.6 Å². The largest absolute Gasteiger partial charge is 0.392 e. The summed E-state index contributed by atoms with van der Waals surface area (Å²) in [5.41, 5.74) is 2.65. The molecule has 1 aliphatic rings. The topological polar surface area (TPSA) is 71.2 Å². The Kier molecular flexibility index (Phi) is 4.43. The lowest BCUT2D eigenvalue weighted by Crippen LogP contribution is -2.48. The number of carbonyl (C=O) groups is 1. The number of aromatic nitrogens is 3. The Labute approximate surface area is 159 Å². The Bertz CT molecular complexity index is 1100. The molecule has 1 amide bonds. The van der Waals surface area contributed by atoms with Crippen molar-refractivity contribution in [3.8, 4) is 5.69 Å². The number of aliphatic hydroxyl groups is 1. The molecule has 0 unspecified atom stereocenters. The van der Waals surface area contributed by atoms with Gasteiger partial charge in [-0.05, 0) is 36.2 Å². The monoisotopic (exact) mass is 384 g/mol. The van der Waals surface area contributed by atoms with E-state index in [2.05, 4.69) is 16.7 Å². The van der Waals surface area contributed by atoms with Gasteiger partial charge in [0.05, 0.1) is 12.3 Å². The molecule has 8 heteroatoms. The van der Waals surface area contributed by atoms with Crippen molar-refractivity contribution in [2.24, 2.45) is 0 Å². The number of nitrogens with zero attached hydrogens (tertiary/aromatic N) is 4. The summed E-state index contributed by atoms with van der Waals surface area (Å²) in [7, 11) is 0. The summed E-state index contributed by atoms with van der Waals surface area (Å²) < 4.78 is 29.1. The molecule has 3 heterocycles. The smallest absolute Gasteiger partial charge is 0.282 e. The lowest BCUT2D eigenvalue weighted by Gasteiger charge is -2.38. The maximum atomic E-state index is 14.6. The third-order valence-corrected chi connectivity index (χ3v) is 4.97.